The standard InChI is InChI=1S/C11H9ClFNS.C11H9ClFN.C8H5ClFN.C8H6ClFO.C4H6O4/c12-9-3-1-2-8(11(9)13)4-7-5-10(15)14-6-7;12-10-3-1-2-9(11(10)13)6-8-4-5-14-7-8;2*9-7-3-1-2-6(4-5-11)8(7)10;1-2-3-4-6-8-7-5/h1-3,6H,4-5H2,(H,14,15);1-3,5,7H,4,6H2;1-3H,4H2;1-3,5H,4H2;5H,4H2,1H3. The Labute approximate surface area is 364 Å². The molecule has 6 rings (SSSR count). The molecule has 0 aliphatic carbocycles. The van der Waals surface area contributed by atoms with Gasteiger partial charge in [0.15, 0.2) is 0 Å². The van der Waals surface area contributed by atoms with Crippen LogP contribution in [-0.2, 0) is 45.4 Å². The number of aldehydes is 1. The summed E-state index contributed by atoms with van der Waals surface area (Å²) in [4.78, 5) is 18.9. The molecule has 2 heterocycles. The summed E-state index contributed by atoms with van der Waals surface area (Å²) in [7, 11) is 0. The number of rotatable bonds is 10. The van der Waals surface area contributed by atoms with E-state index >= 15 is 0 Å². The van der Waals surface area contributed by atoms with Gasteiger partial charge in [-0.3, -0.25) is 4.99 Å². The molecule has 2 aliphatic rings. The van der Waals surface area contributed by atoms with Crippen LogP contribution in [0.25, 0.3) is 0 Å². The van der Waals surface area contributed by atoms with Crippen molar-refractivity contribution in [2.24, 2.45) is 4.99 Å². The summed E-state index contributed by atoms with van der Waals surface area (Å²) in [5.41, 5.74) is 4.13. The quantitative estimate of drug-likeness (QED) is 0.0308. The molecule has 0 radical (unpaired) electrons. The molecule has 0 saturated heterocycles. The van der Waals surface area contributed by atoms with E-state index in [0.29, 0.717) is 47.8 Å². The molecular weight excluding hydrogens is 876 g/mol. The SMILES string of the molecule is CC#CCOOOO.Fc1c(Cl)cccc1CC1=CN=CC1.Fc1c(Cl)cccc1CC1=CNC(=S)C1.N#CCc1cccc(Cl)c1F.O=CCc1cccc(Cl)c1F. The van der Waals surface area contributed by atoms with E-state index in [1.165, 1.54) is 18.2 Å². The van der Waals surface area contributed by atoms with Crippen molar-refractivity contribution < 1.29 is 42.6 Å². The number of nitrogens with zero attached hydrogens (tertiary/aromatic N) is 2. The van der Waals surface area contributed by atoms with E-state index in [0.717, 1.165) is 22.6 Å². The van der Waals surface area contributed by atoms with Gasteiger partial charge < -0.3 is 10.1 Å². The average Bonchev–Trinajstić information content (AvgIpc) is 3.90. The third-order valence-electron chi connectivity index (χ3n) is 7.46. The molecule has 2 aliphatic heterocycles. The molecule has 4 aromatic rings. The number of thiocarbonyl (C=S) groups is 1. The zero-order chi connectivity index (χ0) is 43.6. The second kappa shape index (κ2) is 28.7. The first-order valence-electron chi connectivity index (χ1n) is 17.0. The van der Waals surface area contributed by atoms with E-state index in [1.807, 2.05) is 18.5 Å². The van der Waals surface area contributed by atoms with Gasteiger partial charge in [-0.05, 0) is 81.9 Å². The maximum absolute atomic E-state index is 13.5. The van der Waals surface area contributed by atoms with Crippen LogP contribution in [0.5, 0.6) is 0 Å². The van der Waals surface area contributed by atoms with Crippen LogP contribution in [0.3, 0.4) is 0 Å². The molecule has 310 valence electrons. The van der Waals surface area contributed by atoms with Crippen LogP contribution in [0.1, 0.15) is 42.0 Å². The Morgan fingerprint density at radius 3 is 1.75 bits per heavy atom. The van der Waals surface area contributed by atoms with Crippen molar-refractivity contribution in [2.75, 3.05) is 6.61 Å². The number of aliphatic imine (C=N–C) groups is 1. The second-order valence-corrected chi connectivity index (χ2v) is 13.7. The first kappa shape index (κ1) is 50.5. The van der Waals surface area contributed by atoms with Gasteiger partial charge in [-0.25, -0.2) is 22.8 Å². The van der Waals surface area contributed by atoms with Gasteiger partial charge in [0.1, 0.15) is 36.2 Å². The number of nitrogens with one attached hydrogen (secondary N) is 1. The summed E-state index contributed by atoms with van der Waals surface area (Å²) >= 11 is 27.3. The van der Waals surface area contributed by atoms with Gasteiger partial charge in [0, 0.05) is 43.4 Å². The molecule has 8 nitrogen and oxygen atoms in total. The lowest BCUT2D eigenvalue weighted by Gasteiger charge is -2.04. The van der Waals surface area contributed by atoms with Crippen LogP contribution in [0.2, 0.25) is 20.1 Å². The van der Waals surface area contributed by atoms with E-state index in [4.69, 9.17) is 69.1 Å². The summed E-state index contributed by atoms with van der Waals surface area (Å²) in [6.07, 6.45) is 8.88. The number of hydrogen-bond donors (Lipinski definition) is 2. The molecule has 0 amide bonds. The van der Waals surface area contributed by atoms with Crippen molar-refractivity contribution in [3.8, 4) is 17.9 Å². The van der Waals surface area contributed by atoms with Crippen molar-refractivity contribution in [1.82, 2.24) is 5.32 Å². The number of hydrogen-bond acceptors (Lipinski definition) is 8. The predicted octanol–water partition coefficient (Wildman–Crippen LogP) is 11.7. The Kier molecular flexibility index (Phi) is 24.6. The zero-order valence-electron chi connectivity index (χ0n) is 31.1. The van der Waals surface area contributed by atoms with Gasteiger partial charge in [0.25, 0.3) is 0 Å². The van der Waals surface area contributed by atoms with Gasteiger partial charge in [-0.2, -0.15) is 10.1 Å². The first-order chi connectivity index (χ1) is 28.4. The van der Waals surface area contributed by atoms with Crippen molar-refractivity contribution in [2.45, 2.75) is 45.4 Å². The highest BCUT2D eigenvalue weighted by molar-refractivity contribution is 7.80. The van der Waals surface area contributed by atoms with Crippen LogP contribution in [0.15, 0.2) is 101 Å². The van der Waals surface area contributed by atoms with Crippen LogP contribution in [0.4, 0.5) is 17.6 Å². The van der Waals surface area contributed by atoms with Gasteiger partial charge in [-0.1, -0.05) is 113 Å². The number of benzene rings is 4. The molecule has 59 heavy (non-hydrogen) atoms. The normalized spacial score (nSPS) is 11.8. The zero-order valence-corrected chi connectivity index (χ0v) is 34.9. The molecule has 0 saturated carbocycles. The van der Waals surface area contributed by atoms with Crippen LogP contribution < -0.4 is 5.32 Å². The molecule has 0 spiro atoms. The fourth-order valence-electron chi connectivity index (χ4n) is 4.68. The molecule has 4 aromatic carbocycles. The third kappa shape index (κ3) is 18.9. The number of carbonyl (C=O) groups excluding carboxylic acids is 1. The number of allylic oxidation sites excluding steroid dienone is 1. The van der Waals surface area contributed by atoms with Gasteiger partial charge in [0.2, 0.25) is 0 Å². The van der Waals surface area contributed by atoms with E-state index in [-0.39, 0.29) is 51.2 Å². The Hall–Kier alpha value is -4.64. The largest absolute Gasteiger partial charge is 0.356 e. The van der Waals surface area contributed by atoms with Crippen LogP contribution in [-0.4, -0.2) is 29.4 Å². The number of nitriles is 1. The van der Waals surface area contributed by atoms with E-state index in [1.54, 1.807) is 67.7 Å². The molecule has 0 aromatic heterocycles. The third-order valence-corrected chi connectivity index (χ3v) is 8.89. The van der Waals surface area contributed by atoms with Gasteiger partial charge in [0.05, 0.1) is 37.6 Å². The fraction of sp³-hybridized carbons (Fsp3) is 0.190. The number of carbonyl (C=O) groups is 1. The van der Waals surface area contributed by atoms with E-state index < -0.39 is 11.6 Å². The summed E-state index contributed by atoms with van der Waals surface area (Å²) in [5.74, 6) is 3.39. The lowest BCUT2D eigenvalue weighted by Crippen LogP contribution is -2.05. The monoisotopic (exact) mass is 909 g/mol. The molecule has 0 fully saturated rings. The first-order valence-corrected chi connectivity index (χ1v) is 19.0. The van der Waals surface area contributed by atoms with Crippen molar-refractivity contribution >= 4 is 76.1 Å². The van der Waals surface area contributed by atoms with E-state index in [9.17, 15) is 22.4 Å². The lowest BCUT2D eigenvalue weighted by molar-refractivity contribution is -0.620. The summed E-state index contributed by atoms with van der Waals surface area (Å²) in [6.45, 7) is 1.74. The van der Waals surface area contributed by atoms with Crippen molar-refractivity contribution in [1.29, 1.82) is 5.26 Å². The Morgan fingerprint density at radius 1 is 0.814 bits per heavy atom. The van der Waals surface area contributed by atoms with Gasteiger partial charge >= 0.3 is 0 Å². The summed E-state index contributed by atoms with van der Waals surface area (Å²) < 4.78 is 52.8. The van der Waals surface area contributed by atoms with Gasteiger partial charge in [-0.15, -0.1) is 5.92 Å². The average molecular weight is 912 g/mol. The Morgan fingerprint density at radius 2 is 1.31 bits per heavy atom. The lowest BCUT2D eigenvalue weighted by atomic mass is 10.0. The predicted molar refractivity (Wildman–Crippen MR) is 226 cm³/mol. The summed E-state index contributed by atoms with van der Waals surface area (Å²) in [5, 5.41) is 25.8. The van der Waals surface area contributed by atoms with Crippen molar-refractivity contribution in [3.05, 3.63) is 162 Å². The highest BCUT2D eigenvalue weighted by atomic mass is 35.5. The number of halogens is 8. The van der Waals surface area contributed by atoms with Crippen LogP contribution >= 0.6 is 58.6 Å². The minimum Gasteiger partial charge on any atom is -0.356 e. The van der Waals surface area contributed by atoms with Crippen LogP contribution in [0, 0.1) is 46.4 Å². The Balaban J connectivity index is 0.000000259. The molecular formula is C42H35Cl4F4N3O5S. The molecule has 0 atom stereocenters. The molecule has 0 bridgehead atoms. The highest BCUT2D eigenvalue weighted by Gasteiger charge is 2.13. The minimum atomic E-state index is -0.499. The molecule has 17 heteroatoms. The maximum atomic E-state index is 13.5. The van der Waals surface area contributed by atoms with Crippen molar-refractivity contribution in [3.63, 3.8) is 0 Å². The maximum Gasteiger partial charge on any atom is 0.146 e. The molecule has 0 unspecified atom stereocenters. The molecule has 2 N–H and O–H groups in total. The second-order valence-electron chi connectivity index (χ2n) is 11.6. The fourth-order valence-corrected chi connectivity index (χ4v) is 5.70. The summed E-state index contributed by atoms with van der Waals surface area (Å²) in [6, 6.07) is 21.2. The minimum absolute atomic E-state index is 0.0596. The Bertz CT molecular complexity index is 2230. The van der Waals surface area contributed by atoms with E-state index in [2.05, 4.69) is 37.1 Å². The topological polar surface area (TPSA) is 113 Å². The smallest absolute Gasteiger partial charge is 0.146 e. The highest BCUT2D eigenvalue weighted by Crippen LogP contribution is 2.24.